The molecule has 0 saturated heterocycles. The largest absolute Gasteiger partial charge is 0.0622 e. The van der Waals surface area contributed by atoms with Crippen LogP contribution >= 0.6 is 0 Å². The van der Waals surface area contributed by atoms with E-state index in [2.05, 4.69) is 89.2 Å². The standard InChI is InChI=1S/C21H28/c1-16(2)21(17(3)4,20-9-7-6-8-10-20)15-19-13-11-18(5)12-14-19/h6-14,16-17H,15H2,1-5H3. The Bertz CT molecular complexity index is 538. The van der Waals surface area contributed by atoms with Crippen LogP contribution in [0.15, 0.2) is 54.6 Å². The lowest BCUT2D eigenvalue weighted by molar-refractivity contribution is 0.216. The Morgan fingerprint density at radius 3 is 1.76 bits per heavy atom. The van der Waals surface area contributed by atoms with Crippen molar-refractivity contribution in [3.8, 4) is 0 Å². The lowest BCUT2D eigenvalue weighted by Gasteiger charge is -2.42. The van der Waals surface area contributed by atoms with E-state index >= 15 is 0 Å². The molecule has 0 heteroatoms. The fourth-order valence-electron chi connectivity index (χ4n) is 3.64. The van der Waals surface area contributed by atoms with Crippen molar-refractivity contribution in [3.05, 3.63) is 71.3 Å². The summed E-state index contributed by atoms with van der Waals surface area (Å²) in [4.78, 5) is 0. The third-order valence-electron chi connectivity index (χ3n) is 4.99. The molecule has 0 bridgehead atoms. The van der Waals surface area contributed by atoms with Crippen molar-refractivity contribution >= 4 is 0 Å². The molecule has 0 heterocycles. The second-order valence-corrected chi connectivity index (χ2v) is 6.88. The summed E-state index contributed by atoms with van der Waals surface area (Å²) in [5.74, 6) is 1.20. The maximum Gasteiger partial charge on any atom is 0.00392 e. The van der Waals surface area contributed by atoms with Crippen molar-refractivity contribution in [2.24, 2.45) is 11.8 Å². The summed E-state index contributed by atoms with van der Waals surface area (Å²) in [6.07, 6.45) is 1.10. The molecule has 0 amide bonds. The Kier molecular flexibility index (Phi) is 4.88. The second kappa shape index (κ2) is 6.47. The van der Waals surface area contributed by atoms with E-state index in [1.807, 2.05) is 0 Å². The molecule has 0 unspecified atom stereocenters. The number of hydrogen-bond donors (Lipinski definition) is 0. The summed E-state index contributed by atoms with van der Waals surface area (Å²) in [7, 11) is 0. The van der Waals surface area contributed by atoms with E-state index in [4.69, 9.17) is 0 Å². The molecule has 2 rings (SSSR count). The average molecular weight is 280 g/mol. The van der Waals surface area contributed by atoms with Gasteiger partial charge < -0.3 is 0 Å². The van der Waals surface area contributed by atoms with Gasteiger partial charge in [-0.3, -0.25) is 0 Å². The van der Waals surface area contributed by atoms with Crippen LogP contribution in [-0.4, -0.2) is 0 Å². The number of hydrogen-bond acceptors (Lipinski definition) is 0. The zero-order valence-electron chi connectivity index (χ0n) is 14.1. The average Bonchev–Trinajstić information content (AvgIpc) is 2.47. The van der Waals surface area contributed by atoms with Crippen molar-refractivity contribution < 1.29 is 0 Å². The van der Waals surface area contributed by atoms with Crippen LogP contribution in [0.25, 0.3) is 0 Å². The lowest BCUT2D eigenvalue weighted by atomic mass is 9.61. The van der Waals surface area contributed by atoms with Gasteiger partial charge in [0.25, 0.3) is 0 Å². The Morgan fingerprint density at radius 2 is 1.29 bits per heavy atom. The van der Waals surface area contributed by atoms with Gasteiger partial charge in [-0.25, -0.2) is 0 Å². The molecule has 0 nitrogen and oxygen atoms in total. The Hall–Kier alpha value is -1.56. The third kappa shape index (κ3) is 3.20. The van der Waals surface area contributed by atoms with Gasteiger partial charge in [-0.2, -0.15) is 0 Å². The highest BCUT2D eigenvalue weighted by atomic mass is 14.4. The molecule has 0 fully saturated rings. The van der Waals surface area contributed by atoms with Gasteiger partial charge in [0, 0.05) is 5.41 Å². The molecule has 0 N–H and O–H groups in total. The van der Waals surface area contributed by atoms with Crippen LogP contribution in [-0.2, 0) is 11.8 Å². The Labute approximate surface area is 130 Å². The zero-order chi connectivity index (χ0) is 15.5. The minimum Gasteiger partial charge on any atom is -0.0622 e. The summed E-state index contributed by atoms with van der Waals surface area (Å²) in [5, 5.41) is 0. The van der Waals surface area contributed by atoms with Gasteiger partial charge in [-0.1, -0.05) is 87.9 Å². The predicted octanol–water partition coefficient (Wildman–Crippen LogP) is 5.79. The summed E-state index contributed by atoms with van der Waals surface area (Å²) >= 11 is 0. The molecule has 0 aromatic heterocycles. The number of rotatable bonds is 5. The Morgan fingerprint density at radius 1 is 0.762 bits per heavy atom. The molecular weight excluding hydrogens is 252 g/mol. The molecular formula is C21H28. The fraction of sp³-hybridized carbons (Fsp3) is 0.429. The summed E-state index contributed by atoms with van der Waals surface area (Å²) < 4.78 is 0. The molecule has 0 aliphatic heterocycles. The van der Waals surface area contributed by atoms with Crippen LogP contribution in [0.2, 0.25) is 0 Å². The van der Waals surface area contributed by atoms with Gasteiger partial charge in [0.2, 0.25) is 0 Å². The van der Waals surface area contributed by atoms with Crippen LogP contribution < -0.4 is 0 Å². The predicted molar refractivity (Wildman–Crippen MR) is 92.7 cm³/mol. The van der Waals surface area contributed by atoms with E-state index in [0.29, 0.717) is 11.8 Å². The molecule has 0 aliphatic carbocycles. The van der Waals surface area contributed by atoms with Gasteiger partial charge >= 0.3 is 0 Å². The maximum atomic E-state index is 2.36. The molecule has 0 radical (unpaired) electrons. The normalized spacial score (nSPS) is 12.1. The van der Waals surface area contributed by atoms with Gasteiger partial charge in [-0.15, -0.1) is 0 Å². The first-order chi connectivity index (χ1) is 9.96. The van der Waals surface area contributed by atoms with E-state index in [1.54, 1.807) is 0 Å². The smallest absolute Gasteiger partial charge is 0.00392 e. The Balaban J connectivity index is 2.47. The van der Waals surface area contributed by atoms with Gasteiger partial charge in [0.1, 0.15) is 0 Å². The minimum absolute atomic E-state index is 0.191. The van der Waals surface area contributed by atoms with Gasteiger partial charge in [0.15, 0.2) is 0 Å². The topological polar surface area (TPSA) is 0 Å². The van der Waals surface area contributed by atoms with Crippen LogP contribution in [0, 0.1) is 18.8 Å². The van der Waals surface area contributed by atoms with Crippen LogP contribution in [0.1, 0.15) is 44.4 Å². The summed E-state index contributed by atoms with van der Waals surface area (Å²) in [6.45, 7) is 11.6. The van der Waals surface area contributed by atoms with E-state index in [9.17, 15) is 0 Å². The minimum atomic E-state index is 0.191. The highest BCUT2D eigenvalue weighted by molar-refractivity contribution is 5.32. The first kappa shape index (κ1) is 15.8. The van der Waals surface area contributed by atoms with Gasteiger partial charge in [-0.05, 0) is 36.3 Å². The lowest BCUT2D eigenvalue weighted by Crippen LogP contribution is -2.40. The molecule has 112 valence electrons. The maximum absolute atomic E-state index is 2.36. The monoisotopic (exact) mass is 280 g/mol. The van der Waals surface area contributed by atoms with Crippen molar-refractivity contribution in [2.45, 2.75) is 46.5 Å². The van der Waals surface area contributed by atoms with Crippen molar-refractivity contribution in [3.63, 3.8) is 0 Å². The van der Waals surface area contributed by atoms with Crippen LogP contribution in [0.5, 0.6) is 0 Å². The quantitative estimate of drug-likeness (QED) is 0.650. The SMILES string of the molecule is Cc1ccc(CC(c2ccccc2)(C(C)C)C(C)C)cc1. The van der Waals surface area contributed by atoms with E-state index in [0.717, 1.165) is 6.42 Å². The zero-order valence-corrected chi connectivity index (χ0v) is 14.1. The second-order valence-electron chi connectivity index (χ2n) is 6.88. The molecule has 0 aliphatic rings. The number of aryl methyl sites for hydroxylation is 1. The number of benzene rings is 2. The van der Waals surface area contributed by atoms with Crippen LogP contribution in [0.3, 0.4) is 0 Å². The summed E-state index contributed by atoms with van der Waals surface area (Å²) in [6, 6.07) is 20.1. The van der Waals surface area contributed by atoms with E-state index < -0.39 is 0 Å². The molecule has 2 aromatic carbocycles. The molecule has 2 aromatic rings. The molecule has 0 spiro atoms. The highest BCUT2D eigenvalue weighted by Gasteiger charge is 2.38. The first-order valence-electron chi connectivity index (χ1n) is 8.08. The van der Waals surface area contributed by atoms with Crippen molar-refractivity contribution in [2.75, 3.05) is 0 Å². The summed E-state index contributed by atoms with van der Waals surface area (Å²) in [5.41, 5.74) is 4.43. The van der Waals surface area contributed by atoms with Crippen molar-refractivity contribution in [1.82, 2.24) is 0 Å². The fourth-order valence-corrected chi connectivity index (χ4v) is 3.64. The highest BCUT2D eigenvalue weighted by Crippen LogP contribution is 2.42. The van der Waals surface area contributed by atoms with E-state index in [-0.39, 0.29) is 5.41 Å². The van der Waals surface area contributed by atoms with Crippen LogP contribution in [0.4, 0.5) is 0 Å². The molecule has 0 saturated carbocycles. The third-order valence-corrected chi connectivity index (χ3v) is 4.99. The van der Waals surface area contributed by atoms with Crippen molar-refractivity contribution in [1.29, 1.82) is 0 Å². The molecule has 21 heavy (non-hydrogen) atoms. The molecule has 0 atom stereocenters. The first-order valence-corrected chi connectivity index (χ1v) is 8.08. The van der Waals surface area contributed by atoms with Gasteiger partial charge in [0.05, 0.1) is 0 Å². The van der Waals surface area contributed by atoms with E-state index in [1.165, 1.54) is 16.7 Å².